The van der Waals surface area contributed by atoms with Crippen LogP contribution in [-0.4, -0.2) is 19.3 Å². The highest BCUT2D eigenvalue weighted by Gasteiger charge is 2.23. The van der Waals surface area contributed by atoms with Crippen molar-refractivity contribution in [3.05, 3.63) is 28.2 Å². The molecule has 3 nitrogen and oxygen atoms in total. The van der Waals surface area contributed by atoms with E-state index in [1.165, 1.54) is 0 Å². The van der Waals surface area contributed by atoms with Crippen LogP contribution in [0.15, 0.2) is 22.7 Å². The van der Waals surface area contributed by atoms with Gasteiger partial charge in [-0.05, 0) is 18.2 Å². The number of ether oxygens (including phenoxy) is 2. The third-order valence-corrected chi connectivity index (χ3v) is 2.38. The molecule has 14 heavy (non-hydrogen) atoms. The first-order chi connectivity index (χ1) is 6.79. The molecule has 0 aromatic heterocycles. The van der Waals surface area contributed by atoms with Gasteiger partial charge in [0, 0.05) is 4.47 Å². The number of nitrogens with zero attached hydrogens (tertiary/aromatic N) is 1. The van der Waals surface area contributed by atoms with Gasteiger partial charge in [-0.15, -0.1) is 0 Å². The molecule has 0 bridgehead atoms. The van der Waals surface area contributed by atoms with E-state index in [1.54, 1.807) is 12.1 Å². The minimum atomic E-state index is 0.209. The summed E-state index contributed by atoms with van der Waals surface area (Å²) >= 11 is 3.33. The Balaban J connectivity index is 2.12. The van der Waals surface area contributed by atoms with Crippen molar-refractivity contribution < 1.29 is 9.47 Å². The van der Waals surface area contributed by atoms with Crippen LogP contribution in [0.5, 0.6) is 5.75 Å². The average molecular weight is 254 g/mol. The van der Waals surface area contributed by atoms with Gasteiger partial charge >= 0.3 is 0 Å². The molecule has 0 unspecified atom stereocenters. The van der Waals surface area contributed by atoms with Crippen molar-refractivity contribution in [3.63, 3.8) is 0 Å². The van der Waals surface area contributed by atoms with E-state index in [1.807, 2.05) is 6.07 Å². The van der Waals surface area contributed by atoms with Crippen LogP contribution in [0.1, 0.15) is 5.56 Å². The van der Waals surface area contributed by atoms with Crippen LogP contribution >= 0.6 is 15.9 Å². The summed E-state index contributed by atoms with van der Waals surface area (Å²) in [5.41, 5.74) is 0.550. The van der Waals surface area contributed by atoms with Crippen molar-refractivity contribution in [1.82, 2.24) is 0 Å². The minimum Gasteiger partial charge on any atom is -0.489 e. The van der Waals surface area contributed by atoms with Gasteiger partial charge in [-0.1, -0.05) is 15.9 Å². The molecule has 0 radical (unpaired) electrons. The molecule has 1 heterocycles. The number of hydrogen-bond donors (Lipinski definition) is 0. The fourth-order valence-corrected chi connectivity index (χ4v) is 1.40. The van der Waals surface area contributed by atoms with Crippen molar-refractivity contribution in [2.24, 2.45) is 0 Å². The molecule has 0 aliphatic carbocycles. The lowest BCUT2D eigenvalue weighted by molar-refractivity contribution is 0.262. The zero-order valence-corrected chi connectivity index (χ0v) is 8.95. The molecule has 1 atom stereocenters. The van der Waals surface area contributed by atoms with Crippen LogP contribution in [0.2, 0.25) is 0 Å². The summed E-state index contributed by atoms with van der Waals surface area (Å²) in [5.74, 6) is 0.609. The molecule has 0 amide bonds. The maximum absolute atomic E-state index is 8.81. The third kappa shape index (κ3) is 2.25. The Kier molecular flexibility index (Phi) is 2.71. The molecule has 2 rings (SSSR count). The highest BCUT2D eigenvalue weighted by molar-refractivity contribution is 9.10. The maximum atomic E-state index is 8.81. The highest BCUT2D eigenvalue weighted by atomic mass is 79.9. The van der Waals surface area contributed by atoms with E-state index in [4.69, 9.17) is 14.7 Å². The molecule has 0 spiro atoms. The molecule has 1 saturated heterocycles. The fourth-order valence-electron chi connectivity index (χ4n) is 1.05. The van der Waals surface area contributed by atoms with Gasteiger partial charge in [0.15, 0.2) is 0 Å². The smallest absolute Gasteiger partial charge is 0.138 e. The van der Waals surface area contributed by atoms with Crippen LogP contribution in [0, 0.1) is 11.3 Å². The monoisotopic (exact) mass is 253 g/mol. The number of halogens is 1. The maximum Gasteiger partial charge on any atom is 0.138 e. The van der Waals surface area contributed by atoms with Crippen LogP contribution < -0.4 is 4.74 Å². The van der Waals surface area contributed by atoms with Gasteiger partial charge < -0.3 is 9.47 Å². The Morgan fingerprint density at radius 1 is 1.64 bits per heavy atom. The highest BCUT2D eigenvalue weighted by Crippen LogP contribution is 2.24. The Morgan fingerprint density at radius 3 is 3.07 bits per heavy atom. The van der Waals surface area contributed by atoms with E-state index in [-0.39, 0.29) is 6.10 Å². The zero-order chi connectivity index (χ0) is 9.97. The average Bonchev–Trinajstić information content (AvgIpc) is 2.98. The van der Waals surface area contributed by atoms with Gasteiger partial charge in [-0.25, -0.2) is 0 Å². The molecule has 1 aliphatic heterocycles. The van der Waals surface area contributed by atoms with Crippen LogP contribution in [0.25, 0.3) is 0 Å². The number of hydrogen-bond acceptors (Lipinski definition) is 3. The van der Waals surface area contributed by atoms with Gasteiger partial charge in [0.25, 0.3) is 0 Å². The summed E-state index contributed by atoms with van der Waals surface area (Å²) in [6, 6.07) is 7.42. The SMILES string of the molecule is N#Cc1ccc(Br)cc1OC[C@H]1CO1. The number of epoxide rings is 1. The lowest BCUT2D eigenvalue weighted by Gasteiger charge is -2.06. The van der Waals surface area contributed by atoms with E-state index in [0.29, 0.717) is 17.9 Å². The Morgan fingerprint density at radius 2 is 2.43 bits per heavy atom. The predicted molar refractivity (Wildman–Crippen MR) is 54.1 cm³/mol. The normalized spacial score (nSPS) is 18.7. The van der Waals surface area contributed by atoms with Crippen molar-refractivity contribution in [2.45, 2.75) is 6.10 Å². The number of rotatable bonds is 3. The number of benzene rings is 1. The van der Waals surface area contributed by atoms with Crippen LogP contribution in [0.4, 0.5) is 0 Å². The van der Waals surface area contributed by atoms with Gasteiger partial charge in [-0.3, -0.25) is 0 Å². The molecule has 0 saturated carbocycles. The molecular weight excluding hydrogens is 246 g/mol. The largest absolute Gasteiger partial charge is 0.489 e. The summed E-state index contributed by atoms with van der Waals surface area (Å²) in [7, 11) is 0. The van der Waals surface area contributed by atoms with E-state index in [2.05, 4.69) is 22.0 Å². The second kappa shape index (κ2) is 3.99. The summed E-state index contributed by atoms with van der Waals surface area (Å²) in [4.78, 5) is 0. The molecule has 1 aromatic carbocycles. The van der Waals surface area contributed by atoms with Crippen molar-refractivity contribution in [3.8, 4) is 11.8 Å². The van der Waals surface area contributed by atoms with Crippen molar-refractivity contribution >= 4 is 15.9 Å². The summed E-state index contributed by atoms with van der Waals surface area (Å²) < 4.78 is 11.4. The molecule has 1 aliphatic rings. The van der Waals surface area contributed by atoms with E-state index in [0.717, 1.165) is 11.1 Å². The minimum absolute atomic E-state index is 0.209. The molecule has 1 aromatic rings. The first-order valence-electron chi connectivity index (χ1n) is 4.23. The van der Waals surface area contributed by atoms with Crippen molar-refractivity contribution in [2.75, 3.05) is 13.2 Å². The van der Waals surface area contributed by atoms with Crippen LogP contribution in [0.3, 0.4) is 0 Å². The molecule has 0 N–H and O–H groups in total. The topological polar surface area (TPSA) is 45.5 Å². The number of nitriles is 1. The standard InChI is InChI=1S/C10H8BrNO2/c11-8-2-1-7(4-12)10(3-8)14-6-9-5-13-9/h1-3,9H,5-6H2/t9-/m1/s1. The van der Waals surface area contributed by atoms with Gasteiger partial charge in [0.2, 0.25) is 0 Å². The second-order valence-corrected chi connectivity index (χ2v) is 3.93. The lowest BCUT2D eigenvalue weighted by atomic mass is 10.2. The van der Waals surface area contributed by atoms with Gasteiger partial charge in [0.1, 0.15) is 24.5 Å². The van der Waals surface area contributed by atoms with E-state index >= 15 is 0 Å². The van der Waals surface area contributed by atoms with E-state index < -0.39 is 0 Å². The molecule has 4 heteroatoms. The van der Waals surface area contributed by atoms with Crippen molar-refractivity contribution in [1.29, 1.82) is 5.26 Å². The summed E-state index contributed by atoms with van der Waals surface area (Å²) in [6.07, 6.45) is 0.209. The Labute approximate surface area is 90.4 Å². The van der Waals surface area contributed by atoms with Gasteiger partial charge in [-0.2, -0.15) is 5.26 Å². The predicted octanol–water partition coefficient (Wildman–Crippen LogP) is 2.10. The fraction of sp³-hybridized carbons (Fsp3) is 0.300. The molecule has 1 fully saturated rings. The first kappa shape index (κ1) is 9.50. The summed E-state index contributed by atoms with van der Waals surface area (Å²) in [6.45, 7) is 1.28. The summed E-state index contributed by atoms with van der Waals surface area (Å²) in [5, 5.41) is 8.81. The van der Waals surface area contributed by atoms with Crippen LogP contribution in [-0.2, 0) is 4.74 Å². The first-order valence-corrected chi connectivity index (χ1v) is 5.03. The van der Waals surface area contributed by atoms with E-state index in [9.17, 15) is 0 Å². The lowest BCUT2D eigenvalue weighted by Crippen LogP contribution is -2.05. The Hall–Kier alpha value is -1.05. The van der Waals surface area contributed by atoms with Gasteiger partial charge in [0.05, 0.1) is 12.2 Å². The molecular formula is C10H8BrNO2. The Bertz CT molecular complexity index is 382. The molecule has 72 valence electrons. The zero-order valence-electron chi connectivity index (χ0n) is 7.37. The third-order valence-electron chi connectivity index (χ3n) is 1.89. The quantitative estimate of drug-likeness (QED) is 0.776. The second-order valence-electron chi connectivity index (χ2n) is 3.02.